The molecule has 2 aromatic rings. The first-order valence-electron chi connectivity index (χ1n) is 4.97. The lowest BCUT2D eigenvalue weighted by molar-refractivity contribution is -0.119. The van der Waals surface area contributed by atoms with Crippen molar-refractivity contribution in [2.75, 3.05) is 0 Å². The summed E-state index contributed by atoms with van der Waals surface area (Å²) >= 11 is 1.64. The molecule has 0 aliphatic rings. The molecule has 2 rings (SSSR count). The number of aromatic nitrogens is 1. The van der Waals surface area contributed by atoms with Crippen LogP contribution in [0.5, 0.6) is 0 Å². The maximum atomic E-state index is 11.0. The van der Waals surface area contributed by atoms with Crippen LogP contribution in [-0.4, -0.2) is 10.9 Å². The molecule has 2 N–H and O–H groups in total. The fraction of sp³-hybridized carbons (Fsp3) is 0.167. The van der Waals surface area contributed by atoms with E-state index in [4.69, 9.17) is 5.73 Å². The zero-order valence-electron chi connectivity index (χ0n) is 8.88. The zero-order chi connectivity index (χ0) is 11.5. The Morgan fingerprint density at radius 2 is 2.25 bits per heavy atom. The average Bonchev–Trinajstić information content (AvgIpc) is 2.81. The van der Waals surface area contributed by atoms with Gasteiger partial charge in [0, 0.05) is 6.20 Å². The summed E-state index contributed by atoms with van der Waals surface area (Å²) in [6.07, 6.45) is 1.71. The van der Waals surface area contributed by atoms with Gasteiger partial charge in [0.2, 0.25) is 5.91 Å². The van der Waals surface area contributed by atoms with Gasteiger partial charge in [0.25, 0.3) is 0 Å². The molecular weight excluding hydrogens is 220 g/mol. The minimum Gasteiger partial charge on any atom is -0.369 e. The molecule has 0 spiro atoms. The number of rotatable bonds is 3. The van der Waals surface area contributed by atoms with Crippen LogP contribution in [0.2, 0.25) is 0 Å². The predicted octanol–water partition coefficient (Wildman–Crippen LogP) is 2.40. The number of carbonyl (C=O) groups is 1. The van der Waals surface area contributed by atoms with Gasteiger partial charge < -0.3 is 5.73 Å². The Morgan fingerprint density at radius 3 is 2.75 bits per heavy atom. The van der Waals surface area contributed by atoms with Gasteiger partial charge in [0.15, 0.2) is 0 Å². The predicted molar refractivity (Wildman–Crippen MR) is 65.2 cm³/mol. The Balaban J connectivity index is 2.26. The first-order valence-corrected chi connectivity index (χ1v) is 5.85. The molecule has 1 amide bonds. The molecule has 3 nitrogen and oxygen atoms in total. The number of primary amides is 1. The van der Waals surface area contributed by atoms with Crippen molar-refractivity contribution in [2.45, 2.75) is 12.8 Å². The molecule has 0 aliphatic carbocycles. The molecule has 2 heterocycles. The number of thiophene rings is 1. The average molecular weight is 232 g/mol. The highest BCUT2D eigenvalue weighted by Gasteiger charge is 2.11. The minimum absolute atomic E-state index is 0.287. The SMILES string of the molecule is CC(C(N)=O)c1ccc(-c2cccs2)nc1. The van der Waals surface area contributed by atoms with Gasteiger partial charge in [-0.2, -0.15) is 0 Å². The summed E-state index contributed by atoms with van der Waals surface area (Å²) in [6.45, 7) is 1.78. The lowest BCUT2D eigenvalue weighted by atomic mass is 10.0. The number of nitrogens with zero attached hydrogens (tertiary/aromatic N) is 1. The second-order valence-electron chi connectivity index (χ2n) is 3.58. The molecule has 1 atom stereocenters. The topological polar surface area (TPSA) is 56.0 Å². The number of pyridine rings is 1. The summed E-state index contributed by atoms with van der Waals surface area (Å²) in [5.41, 5.74) is 7.02. The minimum atomic E-state index is -0.328. The number of nitrogens with two attached hydrogens (primary N) is 1. The Hall–Kier alpha value is -1.68. The van der Waals surface area contributed by atoms with Crippen LogP contribution in [-0.2, 0) is 4.79 Å². The maximum Gasteiger partial charge on any atom is 0.224 e. The van der Waals surface area contributed by atoms with E-state index in [9.17, 15) is 4.79 Å². The van der Waals surface area contributed by atoms with Crippen molar-refractivity contribution in [3.63, 3.8) is 0 Å². The zero-order valence-corrected chi connectivity index (χ0v) is 9.70. The van der Waals surface area contributed by atoms with Gasteiger partial charge in [-0.3, -0.25) is 9.78 Å². The van der Waals surface area contributed by atoms with Crippen molar-refractivity contribution in [2.24, 2.45) is 5.73 Å². The first-order chi connectivity index (χ1) is 7.68. The third-order valence-electron chi connectivity index (χ3n) is 2.49. The van der Waals surface area contributed by atoms with Crippen LogP contribution in [0.1, 0.15) is 18.4 Å². The number of carbonyl (C=O) groups excluding carboxylic acids is 1. The van der Waals surface area contributed by atoms with Gasteiger partial charge in [-0.1, -0.05) is 12.1 Å². The number of hydrogen-bond donors (Lipinski definition) is 1. The third-order valence-corrected chi connectivity index (χ3v) is 3.38. The van der Waals surface area contributed by atoms with Gasteiger partial charge in [0.05, 0.1) is 16.5 Å². The summed E-state index contributed by atoms with van der Waals surface area (Å²) in [5.74, 6) is -0.615. The van der Waals surface area contributed by atoms with Gasteiger partial charge in [-0.15, -0.1) is 11.3 Å². The maximum absolute atomic E-state index is 11.0. The fourth-order valence-corrected chi connectivity index (χ4v) is 2.10. The highest BCUT2D eigenvalue weighted by Crippen LogP contribution is 2.23. The Kier molecular flexibility index (Phi) is 3.01. The Labute approximate surface area is 97.9 Å². The van der Waals surface area contributed by atoms with Crippen LogP contribution in [0.15, 0.2) is 35.8 Å². The molecule has 0 fully saturated rings. The van der Waals surface area contributed by atoms with Crippen LogP contribution >= 0.6 is 11.3 Å². The van der Waals surface area contributed by atoms with E-state index in [0.717, 1.165) is 16.1 Å². The van der Waals surface area contributed by atoms with Crippen LogP contribution in [0.3, 0.4) is 0 Å². The van der Waals surface area contributed by atoms with Crippen LogP contribution in [0.4, 0.5) is 0 Å². The van der Waals surface area contributed by atoms with Crippen molar-refractivity contribution < 1.29 is 4.79 Å². The van der Waals surface area contributed by atoms with Gasteiger partial charge in [-0.05, 0) is 30.0 Å². The normalized spacial score (nSPS) is 12.3. The smallest absolute Gasteiger partial charge is 0.224 e. The molecule has 0 bridgehead atoms. The summed E-state index contributed by atoms with van der Waals surface area (Å²) < 4.78 is 0. The van der Waals surface area contributed by atoms with Crippen molar-refractivity contribution in [3.8, 4) is 10.6 Å². The second-order valence-corrected chi connectivity index (χ2v) is 4.53. The summed E-state index contributed by atoms with van der Waals surface area (Å²) in [5, 5.41) is 2.01. The van der Waals surface area contributed by atoms with E-state index < -0.39 is 0 Å². The first kappa shape index (κ1) is 10.8. The molecule has 2 aromatic heterocycles. The van der Waals surface area contributed by atoms with Crippen LogP contribution in [0, 0.1) is 0 Å². The Bertz CT molecular complexity index is 476. The molecule has 1 unspecified atom stereocenters. The number of hydrogen-bond acceptors (Lipinski definition) is 3. The fourth-order valence-electron chi connectivity index (χ4n) is 1.40. The van der Waals surface area contributed by atoms with Crippen molar-refractivity contribution >= 4 is 17.2 Å². The summed E-state index contributed by atoms with van der Waals surface area (Å²) in [7, 11) is 0. The highest BCUT2D eigenvalue weighted by molar-refractivity contribution is 7.13. The molecule has 16 heavy (non-hydrogen) atoms. The molecule has 0 radical (unpaired) electrons. The lowest BCUT2D eigenvalue weighted by Crippen LogP contribution is -2.18. The van der Waals surface area contributed by atoms with Crippen molar-refractivity contribution in [3.05, 3.63) is 41.4 Å². The van der Waals surface area contributed by atoms with Gasteiger partial charge in [0.1, 0.15) is 0 Å². The molecular formula is C12H12N2OS. The van der Waals surface area contributed by atoms with Gasteiger partial charge in [-0.25, -0.2) is 0 Å². The lowest BCUT2D eigenvalue weighted by Gasteiger charge is -2.07. The quantitative estimate of drug-likeness (QED) is 0.883. The molecule has 0 aliphatic heterocycles. The highest BCUT2D eigenvalue weighted by atomic mass is 32.1. The monoisotopic (exact) mass is 232 g/mol. The van der Waals surface area contributed by atoms with E-state index in [1.54, 1.807) is 24.5 Å². The largest absolute Gasteiger partial charge is 0.369 e. The summed E-state index contributed by atoms with van der Waals surface area (Å²) in [6, 6.07) is 7.82. The number of amides is 1. The molecule has 4 heteroatoms. The molecule has 0 saturated carbocycles. The van der Waals surface area contributed by atoms with Crippen LogP contribution in [0.25, 0.3) is 10.6 Å². The van der Waals surface area contributed by atoms with E-state index in [-0.39, 0.29) is 11.8 Å². The van der Waals surface area contributed by atoms with E-state index in [1.807, 2.05) is 29.6 Å². The summed E-state index contributed by atoms with van der Waals surface area (Å²) in [4.78, 5) is 16.5. The molecule has 0 saturated heterocycles. The van der Waals surface area contributed by atoms with Crippen LogP contribution < -0.4 is 5.73 Å². The van der Waals surface area contributed by atoms with E-state index in [1.165, 1.54) is 0 Å². The van der Waals surface area contributed by atoms with E-state index in [0.29, 0.717) is 0 Å². The van der Waals surface area contributed by atoms with E-state index in [2.05, 4.69) is 4.98 Å². The Morgan fingerprint density at radius 1 is 1.44 bits per heavy atom. The van der Waals surface area contributed by atoms with E-state index >= 15 is 0 Å². The van der Waals surface area contributed by atoms with Crippen molar-refractivity contribution in [1.82, 2.24) is 4.98 Å². The molecule has 0 aromatic carbocycles. The van der Waals surface area contributed by atoms with Crippen molar-refractivity contribution in [1.29, 1.82) is 0 Å². The molecule has 82 valence electrons. The third kappa shape index (κ3) is 2.12. The standard InChI is InChI=1S/C12H12N2OS/c1-8(12(13)15)9-4-5-10(14-7-9)11-3-2-6-16-11/h2-8H,1H3,(H2,13,15). The second kappa shape index (κ2) is 4.45. The van der Waals surface area contributed by atoms with Gasteiger partial charge >= 0.3 is 0 Å².